The van der Waals surface area contributed by atoms with Crippen molar-refractivity contribution in [3.63, 3.8) is 0 Å². The largest absolute Gasteiger partial charge is 0.523 e. The van der Waals surface area contributed by atoms with E-state index in [9.17, 15) is 34.8 Å². The number of hydrogen-bond donors (Lipinski definition) is 0. The first kappa shape index (κ1) is 19.1. The molecule has 1 aromatic rings. The summed E-state index contributed by atoms with van der Waals surface area (Å²) >= 11 is 0. The molecule has 0 bridgehead atoms. The first-order valence-electron chi connectivity index (χ1n) is 6.93. The maximum atomic E-state index is 14.1. The standard InChI is InChI=1S/C15H10F6O3S2/c1-9-4-2-7-12-11(9)8-13(10-5-3-6-10)25(12,14(16,17)18)24-26(22,23)15(19,20)21/h2-8H,1H3. The van der Waals surface area contributed by atoms with Crippen LogP contribution in [-0.4, -0.2) is 19.4 Å². The van der Waals surface area contributed by atoms with Crippen LogP contribution >= 0.6 is 10.3 Å². The van der Waals surface area contributed by atoms with Crippen LogP contribution in [0, 0.1) is 6.92 Å². The lowest BCUT2D eigenvalue weighted by atomic mass is 10.0. The fraction of sp³-hybridized carbons (Fsp3) is 0.200. The minimum absolute atomic E-state index is 0.00778. The highest BCUT2D eigenvalue weighted by Gasteiger charge is 2.64. The van der Waals surface area contributed by atoms with Crippen LogP contribution in [0.2, 0.25) is 0 Å². The normalized spacial score (nSPS) is 25.0. The summed E-state index contributed by atoms with van der Waals surface area (Å²) in [6, 6.07) is 3.64. The van der Waals surface area contributed by atoms with E-state index in [1.165, 1.54) is 37.3 Å². The van der Waals surface area contributed by atoms with Crippen LogP contribution in [0.5, 0.6) is 0 Å². The Balaban J connectivity index is 2.33. The fourth-order valence-electron chi connectivity index (χ4n) is 2.56. The summed E-state index contributed by atoms with van der Waals surface area (Å²) in [5.74, 6) is 0. The smallest absolute Gasteiger partial charge is 0.196 e. The number of aryl methyl sites for hydroxylation is 1. The van der Waals surface area contributed by atoms with Crippen molar-refractivity contribution in [3.8, 4) is 0 Å². The van der Waals surface area contributed by atoms with Gasteiger partial charge in [-0.3, -0.25) is 0 Å². The lowest BCUT2D eigenvalue weighted by Gasteiger charge is -2.40. The van der Waals surface area contributed by atoms with Gasteiger partial charge in [0, 0.05) is 20.1 Å². The Labute approximate surface area is 146 Å². The van der Waals surface area contributed by atoms with E-state index in [2.05, 4.69) is 3.63 Å². The van der Waals surface area contributed by atoms with Crippen LogP contribution in [0.25, 0.3) is 6.08 Å². The number of benzene rings is 1. The minimum Gasteiger partial charge on any atom is -0.196 e. The van der Waals surface area contributed by atoms with Gasteiger partial charge in [0.1, 0.15) is 0 Å². The van der Waals surface area contributed by atoms with Gasteiger partial charge in [-0.05, 0) is 35.8 Å². The number of hydrogen-bond acceptors (Lipinski definition) is 3. The molecule has 3 rings (SSSR count). The Morgan fingerprint density at radius 1 is 1.08 bits per heavy atom. The molecule has 0 saturated heterocycles. The van der Waals surface area contributed by atoms with Crippen molar-refractivity contribution in [3.05, 3.63) is 58.0 Å². The molecule has 26 heavy (non-hydrogen) atoms. The van der Waals surface area contributed by atoms with E-state index in [1.807, 2.05) is 0 Å². The zero-order chi connectivity index (χ0) is 19.5. The molecule has 1 heterocycles. The van der Waals surface area contributed by atoms with E-state index >= 15 is 0 Å². The second-order valence-electron chi connectivity index (χ2n) is 5.45. The Bertz CT molecular complexity index is 970. The second-order valence-corrected chi connectivity index (χ2v) is 9.82. The van der Waals surface area contributed by atoms with Gasteiger partial charge in [-0.1, -0.05) is 30.4 Å². The molecule has 2 aliphatic rings. The Hall–Kier alpha value is -1.72. The number of alkyl halides is 6. The summed E-state index contributed by atoms with van der Waals surface area (Å²) in [7, 11) is -11.5. The van der Waals surface area contributed by atoms with Crippen molar-refractivity contribution in [2.75, 3.05) is 0 Å². The van der Waals surface area contributed by atoms with E-state index in [1.54, 1.807) is 0 Å². The van der Waals surface area contributed by atoms with E-state index in [0.717, 1.165) is 12.1 Å². The topological polar surface area (TPSA) is 43.4 Å². The van der Waals surface area contributed by atoms with Crippen molar-refractivity contribution < 1.29 is 38.4 Å². The first-order chi connectivity index (χ1) is 11.8. The molecule has 0 fully saturated rings. The third kappa shape index (κ3) is 2.60. The summed E-state index contributed by atoms with van der Waals surface area (Å²) in [5, 5.41) is 0. The van der Waals surface area contributed by atoms with Gasteiger partial charge in [0.25, 0.3) is 0 Å². The molecule has 142 valence electrons. The second kappa shape index (κ2) is 5.64. The third-order valence-corrected chi connectivity index (χ3v) is 8.52. The van der Waals surface area contributed by atoms with Gasteiger partial charge in [-0.25, -0.2) is 0 Å². The molecule has 0 aromatic heterocycles. The number of rotatable bonds is 3. The molecule has 1 aromatic carbocycles. The van der Waals surface area contributed by atoms with Crippen LogP contribution in [-0.2, 0) is 13.7 Å². The van der Waals surface area contributed by atoms with Gasteiger partial charge in [0.05, 0.1) is 0 Å². The molecule has 11 heteroatoms. The quantitative estimate of drug-likeness (QED) is 0.496. The molecule has 0 saturated carbocycles. The zero-order valence-corrected chi connectivity index (χ0v) is 14.5. The highest BCUT2D eigenvalue weighted by Crippen LogP contribution is 2.79. The van der Waals surface area contributed by atoms with E-state index in [4.69, 9.17) is 0 Å². The average molecular weight is 416 g/mol. The molecule has 1 aliphatic heterocycles. The van der Waals surface area contributed by atoms with Crippen LogP contribution < -0.4 is 0 Å². The maximum absolute atomic E-state index is 14.1. The van der Waals surface area contributed by atoms with Crippen molar-refractivity contribution >= 4 is 26.5 Å². The van der Waals surface area contributed by atoms with Crippen LogP contribution in [0.3, 0.4) is 0 Å². The molecule has 1 unspecified atom stereocenters. The molecular formula is C15H10F6O3S2. The van der Waals surface area contributed by atoms with Gasteiger partial charge < -0.3 is 0 Å². The monoisotopic (exact) mass is 416 g/mol. The molecule has 0 N–H and O–H groups in total. The predicted octanol–water partition coefficient (Wildman–Crippen LogP) is 5.31. The zero-order valence-electron chi connectivity index (χ0n) is 12.9. The number of fused-ring (bicyclic) bond motifs is 1. The molecule has 0 radical (unpaired) electrons. The van der Waals surface area contributed by atoms with Crippen LogP contribution in [0.15, 0.2) is 51.8 Å². The van der Waals surface area contributed by atoms with Crippen molar-refractivity contribution in [2.45, 2.75) is 22.8 Å². The number of allylic oxidation sites excluding steroid dienone is 4. The van der Waals surface area contributed by atoms with E-state index < -0.39 is 41.2 Å². The Morgan fingerprint density at radius 3 is 2.15 bits per heavy atom. The van der Waals surface area contributed by atoms with Crippen molar-refractivity contribution in [1.82, 2.24) is 0 Å². The Kier molecular flexibility index (Phi) is 4.13. The summed E-state index contributed by atoms with van der Waals surface area (Å²) in [4.78, 5) is -1.24. The lowest BCUT2D eigenvalue weighted by Crippen LogP contribution is -2.32. The minimum atomic E-state index is -6.50. The van der Waals surface area contributed by atoms with Gasteiger partial charge in [-0.15, -0.1) is 0 Å². The van der Waals surface area contributed by atoms with Crippen molar-refractivity contribution in [1.29, 1.82) is 0 Å². The lowest BCUT2D eigenvalue weighted by molar-refractivity contribution is -0.0545. The van der Waals surface area contributed by atoms with Gasteiger partial charge in [0.2, 0.25) is 0 Å². The average Bonchev–Trinajstić information content (AvgIpc) is 2.72. The molecule has 0 spiro atoms. The highest BCUT2D eigenvalue weighted by molar-refractivity contribution is 8.37. The molecular weight excluding hydrogens is 406 g/mol. The summed E-state index contributed by atoms with van der Waals surface area (Å²) in [5.41, 5.74) is -11.0. The SMILES string of the molecule is Cc1cccc2c1C=C(C1=CC=C1)S2(OS(=O)(=O)C(F)(F)F)C(F)(F)F. The van der Waals surface area contributed by atoms with Gasteiger partial charge in [0.15, 0.2) is 0 Å². The predicted molar refractivity (Wildman–Crippen MR) is 84.4 cm³/mol. The molecule has 1 aliphatic carbocycles. The maximum Gasteiger partial charge on any atom is 0.523 e. The highest BCUT2D eigenvalue weighted by atomic mass is 32.3. The molecule has 0 amide bonds. The van der Waals surface area contributed by atoms with Crippen LogP contribution in [0.4, 0.5) is 26.3 Å². The summed E-state index contributed by atoms with van der Waals surface area (Å²) in [6.45, 7) is 1.47. The molecule has 3 nitrogen and oxygen atoms in total. The van der Waals surface area contributed by atoms with Crippen LogP contribution in [0.1, 0.15) is 11.1 Å². The molecule has 1 atom stereocenters. The number of halogens is 6. The van der Waals surface area contributed by atoms with E-state index in [-0.39, 0.29) is 11.1 Å². The Morgan fingerprint density at radius 2 is 1.69 bits per heavy atom. The van der Waals surface area contributed by atoms with E-state index in [0.29, 0.717) is 5.56 Å². The van der Waals surface area contributed by atoms with Gasteiger partial charge in [-0.2, -0.15) is 38.4 Å². The van der Waals surface area contributed by atoms with Gasteiger partial charge >= 0.3 is 21.1 Å². The summed E-state index contributed by atoms with van der Waals surface area (Å²) in [6.07, 6.45) is 4.95. The fourth-order valence-corrected chi connectivity index (χ4v) is 7.13. The first-order valence-corrected chi connectivity index (χ1v) is 9.90. The summed E-state index contributed by atoms with van der Waals surface area (Å²) < 4.78 is 108. The van der Waals surface area contributed by atoms with Crippen molar-refractivity contribution in [2.24, 2.45) is 0 Å². The third-order valence-electron chi connectivity index (χ3n) is 3.82.